The molecule has 0 fully saturated rings. The Bertz CT molecular complexity index is 36.5. The molecule has 6 heavy (non-hydrogen) atoms. The van der Waals surface area contributed by atoms with Crippen molar-refractivity contribution in [1.29, 1.82) is 0 Å². The highest BCUT2D eigenvalue weighted by molar-refractivity contribution is 7.99. The van der Waals surface area contributed by atoms with Gasteiger partial charge in [-0.25, -0.2) is 0 Å². The summed E-state index contributed by atoms with van der Waals surface area (Å²) in [6, 6.07) is 0. The number of aliphatic hydroxyl groups excluding tert-OH is 1. The maximum Gasteiger partial charge on any atom is 0.0889 e. The van der Waals surface area contributed by atoms with Crippen molar-refractivity contribution in [2.24, 2.45) is 0 Å². The summed E-state index contributed by atoms with van der Waals surface area (Å²) in [5, 5.41) is 8.11. The number of hydrogen-bond donors (Lipinski definition) is 1. The molecule has 36 valence electrons. The van der Waals surface area contributed by atoms with Gasteiger partial charge in [0.15, 0.2) is 0 Å². The summed E-state index contributed by atoms with van der Waals surface area (Å²) in [6.07, 6.45) is 1.76. The van der Waals surface area contributed by atoms with E-state index < -0.39 is 0 Å². The smallest absolute Gasteiger partial charge is 0.0889 e. The van der Waals surface area contributed by atoms with Crippen molar-refractivity contribution in [2.45, 2.75) is 0 Å². The van der Waals surface area contributed by atoms with E-state index in [2.05, 4.69) is 6.58 Å². The fourth-order valence-electron chi connectivity index (χ4n) is 0.136. The first kappa shape index (κ1) is 6.05. The van der Waals surface area contributed by atoms with Crippen LogP contribution in [0.15, 0.2) is 12.7 Å². The molecule has 1 nitrogen and oxygen atoms in total. The molecular weight excluding hydrogens is 96.1 g/mol. The molecule has 0 amide bonds. The van der Waals surface area contributed by atoms with Crippen molar-refractivity contribution >= 4 is 11.8 Å². The third-order valence-corrected chi connectivity index (χ3v) is 0.981. The Labute approximate surface area is 42.1 Å². The van der Waals surface area contributed by atoms with Crippen LogP contribution in [0.3, 0.4) is 0 Å². The maximum absolute atomic E-state index is 8.11. The minimum atomic E-state index is 0.200. The molecule has 0 heterocycles. The lowest BCUT2D eigenvalue weighted by molar-refractivity contribution is 0.375. The summed E-state index contributed by atoms with van der Waals surface area (Å²) >= 11 is 1.45. The molecule has 0 atom stereocenters. The lowest BCUT2D eigenvalue weighted by Crippen LogP contribution is -1.71. The fraction of sp³-hybridized carbons (Fsp3) is 0.500. The third-order valence-electron chi connectivity index (χ3n) is 0.327. The van der Waals surface area contributed by atoms with Gasteiger partial charge in [0.1, 0.15) is 0 Å². The normalized spacial score (nSPS) is 8.17. The van der Waals surface area contributed by atoms with Crippen LogP contribution in [0, 0.1) is 0 Å². The predicted molar refractivity (Wildman–Crippen MR) is 29.7 cm³/mol. The van der Waals surface area contributed by atoms with Crippen LogP contribution in [0.4, 0.5) is 0 Å². The molecule has 0 aromatic rings. The van der Waals surface area contributed by atoms with Gasteiger partial charge in [-0.1, -0.05) is 6.08 Å². The summed E-state index contributed by atoms with van der Waals surface area (Å²) in [4.78, 5) is 0. The van der Waals surface area contributed by atoms with Crippen LogP contribution in [0.5, 0.6) is 0 Å². The molecule has 0 aliphatic carbocycles. The highest BCUT2D eigenvalue weighted by Crippen LogP contribution is 1.93. The molecule has 2 heteroatoms. The fourth-order valence-corrected chi connectivity index (χ4v) is 0.408. The molecule has 0 spiro atoms. The molecule has 0 rings (SSSR count). The molecule has 0 bridgehead atoms. The molecular formula is C4H8OS. The predicted octanol–water partition coefficient (Wildman–Crippen LogP) is 0.855. The van der Waals surface area contributed by atoms with Gasteiger partial charge in [0, 0.05) is 5.75 Å². The molecule has 0 aliphatic heterocycles. The topological polar surface area (TPSA) is 20.2 Å². The van der Waals surface area contributed by atoms with Crippen molar-refractivity contribution in [3.05, 3.63) is 12.7 Å². The molecule has 0 saturated heterocycles. The van der Waals surface area contributed by atoms with Crippen LogP contribution >= 0.6 is 11.8 Å². The van der Waals surface area contributed by atoms with Gasteiger partial charge < -0.3 is 5.11 Å². The summed E-state index contributed by atoms with van der Waals surface area (Å²) in [7, 11) is 0. The zero-order valence-electron chi connectivity index (χ0n) is 3.55. The second kappa shape index (κ2) is 5.05. The zero-order valence-corrected chi connectivity index (χ0v) is 4.37. The van der Waals surface area contributed by atoms with E-state index in [-0.39, 0.29) is 5.94 Å². The van der Waals surface area contributed by atoms with Crippen molar-refractivity contribution in [2.75, 3.05) is 11.7 Å². The van der Waals surface area contributed by atoms with E-state index in [1.807, 2.05) is 0 Å². The second-order valence-corrected chi connectivity index (χ2v) is 1.79. The number of aliphatic hydroxyl groups is 1. The highest BCUT2D eigenvalue weighted by atomic mass is 32.2. The largest absolute Gasteiger partial charge is 0.386 e. The van der Waals surface area contributed by atoms with E-state index in [0.29, 0.717) is 0 Å². The Kier molecular flexibility index (Phi) is 5.09. The van der Waals surface area contributed by atoms with Gasteiger partial charge in [-0.2, -0.15) is 0 Å². The van der Waals surface area contributed by atoms with Gasteiger partial charge in [0.2, 0.25) is 0 Å². The van der Waals surface area contributed by atoms with Gasteiger partial charge in [0.05, 0.1) is 5.94 Å². The summed E-state index contributed by atoms with van der Waals surface area (Å²) in [6.45, 7) is 3.47. The Hall–Kier alpha value is 0.0500. The standard InChI is InChI=1S/C4H8OS/c1-2-3-6-4-5/h2,5H,1,3-4H2. The molecule has 1 N–H and O–H groups in total. The number of thioether (sulfide) groups is 1. The minimum absolute atomic E-state index is 0.200. The van der Waals surface area contributed by atoms with Gasteiger partial charge in [-0.3, -0.25) is 0 Å². The maximum atomic E-state index is 8.11. The van der Waals surface area contributed by atoms with E-state index >= 15 is 0 Å². The Balaban J connectivity index is 2.49. The lowest BCUT2D eigenvalue weighted by Gasteiger charge is -1.82. The van der Waals surface area contributed by atoms with Crippen LogP contribution in [0.25, 0.3) is 0 Å². The second-order valence-electron chi connectivity index (χ2n) is 0.789. The van der Waals surface area contributed by atoms with Crippen LogP contribution in [0.2, 0.25) is 0 Å². The van der Waals surface area contributed by atoms with Crippen molar-refractivity contribution in [3.63, 3.8) is 0 Å². The SMILES string of the molecule is C=CCSCO. The minimum Gasteiger partial charge on any atom is -0.386 e. The molecule has 0 aromatic carbocycles. The van der Waals surface area contributed by atoms with Gasteiger partial charge in [-0.05, 0) is 0 Å². The van der Waals surface area contributed by atoms with E-state index in [1.54, 1.807) is 6.08 Å². The van der Waals surface area contributed by atoms with Gasteiger partial charge in [-0.15, -0.1) is 18.3 Å². The van der Waals surface area contributed by atoms with Gasteiger partial charge in [0.25, 0.3) is 0 Å². The van der Waals surface area contributed by atoms with E-state index in [9.17, 15) is 0 Å². The Morgan fingerprint density at radius 2 is 2.50 bits per heavy atom. The summed E-state index contributed by atoms with van der Waals surface area (Å²) in [5.41, 5.74) is 0. The summed E-state index contributed by atoms with van der Waals surface area (Å²) < 4.78 is 0. The van der Waals surface area contributed by atoms with Gasteiger partial charge >= 0.3 is 0 Å². The third kappa shape index (κ3) is 4.05. The molecule has 0 radical (unpaired) electrons. The molecule has 0 unspecified atom stereocenters. The molecule has 0 saturated carbocycles. The van der Waals surface area contributed by atoms with E-state index in [1.165, 1.54) is 11.8 Å². The first-order valence-corrected chi connectivity index (χ1v) is 2.86. The monoisotopic (exact) mass is 104 g/mol. The zero-order chi connectivity index (χ0) is 4.83. The first-order valence-electron chi connectivity index (χ1n) is 1.71. The van der Waals surface area contributed by atoms with E-state index in [4.69, 9.17) is 5.11 Å². The van der Waals surface area contributed by atoms with Crippen LogP contribution in [-0.2, 0) is 0 Å². The Morgan fingerprint density at radius 1 is 1.83 bits per heavy atom. The van der Waals surface area contributed by atoms with Crippen LogP contribution < -0.4 is 0 Å². The Morgan fingerprint density at radius 3 is 2.67 bits per heavy atom. The highest BCUT2D eigenvalue weighted by Gasteiger charge is 1.71. The quantitative estimate of drug-likeness (QED) is 0.325. The molecule has 0 aliphatic rings. The van der Waals surface area contributed by atoms with Crippen molar-refractivity contribution < 1.29 is 5.11 Å². The average Bonchev–Trinajstić information content (AvgIpc) is 1.61. The van der Waals surface area contributed by atoms with E-state index in [0.717, 1.165) is 5.75 Å². The van der Waals surface area contributed by atoms with Crippen LogP contribution in [-0.4, -0.2) is 16.8 Å². The van der Waals surface area contributed by atoms with Crippen LogP contribution in [0.1, 0.15) is 0 Å². The average molecular weight is 104 g/mol. The molecule has 0 aromatic heterocycles. The lowest BCUT2D eigenvalue weighted by atomic mass is 10.8. The number of rotatable bonds is 3. The number of hydrogen-bond acceptors (Lipinski definition) is 2. The summed E-state index contributed by atoms with van der Waals surface area (Å²) in [5.74, 6) is 1.04. The van der Waals surface area contributed by atoms with Crippen molar-refractivity contribution in [3.8, 4) is 0 Å². The first-order chi connectivity index (χ1) is 2.91. The van der Waals surface area contributed by atoms with Crippen molar-refractivity contribution in [1.82, 2.24) is 0 Å².